The molecule has 5 heteroatoms. The highest BCUT2D eigenvalue weighted by Crippen LogP contribution is 2.13. The summed E-state index contributed by atoms with van der Waals surface area (Å²) in [7, 11) is 0. The number of alkyl carbamates (subject to hydrolysis) is 1. The number of amides is 1. The Labute approximate surface area is 154 Å². The van der Waals surface area contributed by atoms with Gasteiger partial charge in [-0.05, 0) is 18.3 Å². The summed E-state index contributed by atoms with van der Waals surface area (Å²) in [6.45, 7) is 11.0. The van der Waals surface area contributed by atoms with Gasteiger partial charge >= 0.3 is 12.1 Å². The van der Waals surface area contributed by atoms with E-state index >= 15 is 0 Å². The minimum Gasteiger partial charge on any atom is -0.464 e. The van der Waals surface area contributed by atoms with E-state index in [1.165, 1.54) is 0 Å². The lowest BCUT2D eigenvalue weighted by Crippen LogP contribution is -2.43. The summed E-state index contributed by atoms with van der Waals surface area (Å²) >= 11 is 0. The Hall–Kier alpha value is -1.26. The van der Waals surface area contributed by atoms with E-state index in [0.717, 1.165) is 51.4 Å². The number of carbonyl (C=O) groups is 2. The molecule has 0 aromatic carbocycles. The molecule has 1 atom stereocenters. The molecule has 1 amide bonds. The summed E-state index contributed by atoms with van der Waals surface area (Å²) in [5, 5.41) is 2.68. The molecule has 0 rings (SSSR count). The van der Waals surface area contributed by atoms with Crippen LogP contribution in [-0.4, -0.2) is 31.3 Å². The quantitative estimate of drug-likeness (QED) is 0.362. The van der Waals surface area contributed by atoms with Gasteiger partial charge in [0.25, 0.3) is 0 Å². The van der Waals surface area contributed by atoms with Crippen molar-refractivity contribution >= 4 is 12.1 Å². The van der Waals surface area contributed by atoms with Gasteiger partial charge in [0, 0.05) is 0 Å². The fraction of sp³-hybridized carbons (Fsp3) is 0.900. The maximum atomic E-state index is 12.3. The van der Waals surface area contributed by atoms with Crippen LogP contribution < -0.4 is 5.32 Å². The zero-order chi connectivity index (χ0) is 19.1. The highest BCUT2D eigenvalue weighted by Gasteiger charge is 2.23. The Bertz CT molecular complexity index is 363. The molecular formula is C20H39NO4. The molecule has 0 heterocycles. The van der Waals surface area contributed by atoms with Crippen molar-refractivity contribution in [2.45, 2.75) is 98.4 Å². The first-order valence-corrected chi connectivity index (χ1v) is 9.90. The van der Waals surface area contributed by atoms with E-state index in [9.17, 15) is 9.59 Å². The molecule has 0 aliphatic heterocycles. The van der Waals surface area contributed by atoms with Crippen molar-refractivity contribution in [3.05, 3.63) is 0 Å². The Morgan fingerprint density at radius 1 is 0.880 bits per heavy atom. The van der Waals surface area contributed by atoms with Gasteiger partial charge in [0.2, 0.25) is 0 Å². The predicted molar refractivity (Wildman–Crippen MR) is 102 cm³/mol. The van der Waals surface area contributed by atoms with Crippen molar-refractivity contribution in [2.24, 2.45) is 5.41 Å². The lowest BCUT2D eigenvalue weighted by atomic mass is 9.99. The second-order valence-corrected chi connectivity index (χ2v) is 7.91. The number of hydrogen-bond acceptors (Lipinski definition) is 4. The standard InChI is InChI=1S/C20H39NO4/c1-6-8-10-12-14-17(18(22)24-15-13-11-9-7-2)21-19(23)25-16-20(3,4)5/h17H,6-16H2,1-5H3,(H,21,23). The summed E-state index contributed by atoms with van der Waals surface area (Å²) < 4.78 is 10.6. The fourth-order valence-electron chi connectivity index (χ4n) is 2.29. The SMILES string of the molecule is CCCCCCOC(=O)C(CCCCCC)NC(=O)OCC(C)(C)C. The topological polar surface area (TPSA) is 64.6 Å². The van der Waals surface area contributed by atoms with E-state index in [1.807, 2.05) is 20.8 Å². The summed E-state index contributed by atoms with van der Waals surface area (Å²) in [6.07, 6.45) is 8.49. The van der Waals surface area contributed by atoms with Crippen molar-refractivity contribution in [2.75, 3.05) is 13.2 Å². The summed E-state index contributed by atoms with van der Waals surface area (Å²) in [6, 6.07) is -0.615. The van der Waals surface area contributed by atoms with E-state index in [1.54, 1.807) is 0 Å². The average Bonchev–Trinajstić information content (AvgIpc) is 2.54. The second kappa shape index (κ2) is 14.0. The third kappa shape index (κ3) is 14.8. The number of carbonyl (C=O) groups excluding carboxylic acids is 2. The molecule has 0 aliphatic rings. The highest BCUT2D eigenvalue weighted by molar-refractivity contribution is 5.81. The molecule has 0 fully saturated rings. The van der Waals surface area contributed by atoms with Gasteiger partial charge in [0.05, 0.1) is 13.2 Å². The summed E-state index contributed by atoms with van der Waals surface area (Å²) in [5.41, 5.74) is -0.103. The molecule has 0 aromatic heterocycles. The lowest BCUT2D eigenvalue weighted by Gasteiger charge is -2.21. The summed E-state index contributed by atoms with van der Waals surface area (Å²) in [5.74, 6) is -0.347. The Morgan fingerprint density at radius 2 is 1.48 bits per heavy atom. The third-order valence-corrected chi connectivity index (χ3v) is 3.80. The average molecular weight is 358 g/mol. The number of rotatable bonds is 13. The minimum absolute atomic E-state index is 0.103. The second-order valence-electron chi connectivity index (χ2n) is 7.91. The predicted octanol–water partition coefficient (Wildman–Crippen LogP) is 5.22. The Balaban J connectivity index is 4.37. The third-order valence-electron chi connectivity index (χ3n) is 3.80. The molecule has 0 spiro atoms. The van der Waals surface area contributed by atoms with Crippen LogP contribution in [0.15, 0.2) is 0 Å². The first kappa shape index (κ1) is 23.7. The molecule has 0 bridgehead atoms. The van der Waals surface area contributed by atoms with Gasteiger partial charge in [0.1, 0.15) is 6.04 Å². The number of unbranched alkanes of at least 4 members (excludes halogenated alkanes) is 6. The smallest absolute Gasteiger partial charge is 0.407 e. The van der Waals surface area contributed by atoms with Gasteiger partial charge in [-0.3, -0.25) is 0 Å². The van der Waals surface area contributed by atoms with E-state index in [2.05, 4.69) is 19.2 Å². The Kier molecular flexibility index (Phi) is 13.3. The van der Waals surface area contributed by atoms with Crippen LogP contribution >= 0.6 is 0 Å². The minimum atomic E-state index is -0.615. The van der Waals surface area contributed by atoms with Gasteiger partial charge < -0.3 is 14.8 Å². The first-order chi connectivity index (χ1) is 11.8. The molecule has 25 heavy (non-hydrogen) atoms. The van der Waals surface area contributed by atoms with E-state index < -0.39 is 12.1 Å². The van der Waals surface area contributed by atoms with Crippen LogP contribution in [0.3, 0.4) is 0 Å². The van der Waals surface area contributed by atoms with Gasteiger partial charge in [0.15, 0.2) is 0 Å². The van der Waals surface area contributed by atoms with Crippen molar-refractivity contribution in [3.63, 3.8) is 0 Å². The number of nitrogens with one attached hydrogen (secondary N) is 1. The van der Waals surface area contributed by atoms with E-state index in [4.69, 9.17) is 9.47 Å². The maximum absolute atomic E-state index is 12.3. The van der Waals surface area contributed by atoms with Gasteiger partial charge in [-0.2, -0.15) is 0 Å². The van der Waals surface area contributed by atoms with Crippen LogP contribution in [0.2, 0.25) is 0 Å². The van der Waals surface area contributed by atoms with Gasteiger partial charge in [-0.15, -0.1) is 0 Å². The molecule has 0 radical (unpaired) electrons. The number of hydrogen-bond donors (Lipinski definition) is 1. The molecule has 0 aliphatic carbocycles. The van der Waals surface area contributed by atoms with Crippen LogP contribution in [0.5, 0.6) is 0 Å². The highest BCUT2D eigenvalue weighted by atomic mass is 16.6. The van der Waals surface area contributed by atoms with Crippen molar-refractivity contribution in [3.8, 4) is 0 Å². The zero-order valence-electron chi connectivity index (χ0n) is 17.0. The van der Waals surface area contributed by atoms with Crippen LogP contribution in [0.4, 0.5) is 4.79 Å². The van der Waals surface area contributed by atoms with Gasteiger partial charge in [-0.25, -0.2) is 9.59 Å². The van der Waals surface area contributed by atoms with Crippen molar-refractivity contribution in [1.82, 2.24) is 5.32 Å². The molecule has 0 aromatic rings. The molecule has 1 N–H and O–H groups in total. The molecule has 1 unspecified atom stereocenters. The maximum Gasteiger partial charge on any atom is 0.407 e. The molecular weight excluding hydrogens is 318 g/mol. The first-order valence-electron chi connectivity index (χ1n) is 9.90. The molecule has 5 nitrogen and oxygen atoms in total. The summed E-state index contributed by atoms with van der Waals surface area (Å²) in [4.78, 5) is 24.3. The fourth-order valence-corrected chi connectivity index (χ4v) is 2.29. The van der Waals surface area contributed by atoms with Crippen molar-refractivity contribution in [1.29, 1.82) is 0 Å². The normalized spacial score (nSPS) is 12.5. The molecule has 0 saturated heterocycles. The Morgan fingerprint density at radius 3 is 2.04 bits per heavy atom. The van der Waals surface area contributed by atoms with Crippen LogP contribution in [0, 0.1) is 5.41 Å². The van der Waals surface area contributed by atoms with Gasteiger partial charge in [-0.1, -0.05) is 79.6 Å². The number of ether oxygens (including phenoxy) is 2. The van der Waals surface area contributed by atoms with Crippen LogP contribution in [0.1, 0.15) is 92.4 Å². The largest absolute Gasteiger partial charge is 0.464 e. The lowest BCUT2D eigenvalue weighted by molar-refractivity contribution is -0.146. The molecule has 0 saturated carbocycles. The number of esters is 1. The van der Waals surface area contributed by atoms with Crippen molar-refractivity contribution < 1.29 is 19.1 Å². The zero-order valence-corrected chi connectivity index (χ0v) is 17.0. The van der Waals surface area contributed by atoms with Crippen LogP contribution in [-0.2, 0) is 14.3 Å². The van der Waals surface area contributed by atoms with E-state index in [0.29, 0.717) is 19.6 Å². The monoisotopic (exact) mass is 357 g/mol. The van der Waals surface area contributed by atoms with E-state index in [-0.39, 0.29) is 11.4 Å². The molecule has 148 valence electrons. The van der Waals surface area contributed by atoms with Crippen LogP contribution in [0.25, 0.3) is 0 Å².